The fourth-order valence-corrected chi connectivity index (χ4v) is 4.69. The zero-order valence-electron chi connectivity index (χ0n) is 17.9. The van der Waals surface area contributed by atoms with Crippen molar-refractivity contribution in [2.75, 3.05) is 0 Å². The van der Waals surface area contributed by atoms with Crippen molar-refractivity contribution in [1.82, 2.24) is 4.98 Å². The van der Waals surface area contributed by atoms with Crippen molar-refractivity contribution in [3.63, 3.8) is 0 Å². The fourth-order valence-electron chi connectivity index (χ4n) is 3.59. The van der Waals surface area contributed by atoms with Crippen molar-refractivity contribution >= 4 is 34.4 Å². The molecular formula is C23H40N2S2. The molecule has 0 bridgehead atoms. The molecule has 0 saturated carbocycles. The molecule has 0 aliphatic rings. The Kier molecular flexibility index (Phi) is 13.1. The number of unbranched alkanes of at least 4 members (excludes halogenated alkanes) is 4. The maximum atomic E-state index is 5.11. The van der Waals surface area contributed by atoms with E-state index in [-0.39, 0.29) is 0 Å². The van der Waals surface area contributed by atoms with Gasteiger partial charge in [0.25, 0.3) is 0 Å². The van der Waals surface area contributed by atoms with Crippen molar-refractivity contribution in [2.24, 2.45) is 5.14 Å². The number of hydrogen-bond acceptors (Lipinski definition) is 4. The highest BCUT2D eigenvalue weighted by molar-refractivity contribution is 7.77. The number of rotatable bonds is 12. The summed E-state index contributed by atoms with van der Waals surface area (Å²) < 4.78 is 1.45. The third kappa shape index (κ3) is 7.40. The third-order valence-electron chi connectivity index (χ3n) is 5.15. The van der Waals surface area contributed by atoms with Gasteiger partial charge < -0.3 is 0 Å². The Hall–Kier alpha value is -0.580. The van der Waals surface area contributed by atoms with Crippen LogP contribution < -0.4 is 5.14 Å². The normalized spacial score (nSPS) is 10.9. The van der Waals surface area contributed by atoms with Crippen LogP contribution in [0.3, 0.4) is 0 Å². The minimum Gasteiger partial charge on any atom is -0.281 e. The largest absolute Gasteiger partial charge is 0.281 e. The Morgan fingerprint density at radius 3 is 1.89 bits per heavy atom. The summed E-state index contributed by atoms with van der Waals surface area (Å²) in [6, 6.07) is 2.50. The van der Waals surface area contributed by atoms with Crippen molar-refractivity contribution in [3.8, 4) is 0 Å². The Morgan fingerprint density at radius 1 is 0.778 bits per heavy atom. The number of fused-ring (bicyclic) bond motifs is 1. The number of nitrogens with zero attached hydrogens (tertiary/aromatic N) is 1. The highest BCUT2D eigenvalue weighted by atomic mass is 32.1. The van der Waals surface area contributed by atoms with Crippen molar-refractivity contribution in [1.29, 1.82) is 0 Å². The first-order valence-corrected chi connectivity index (χ1v) is 12.3. The minimum absolute atomic E-state index is 1.15. The summed E-state index contributed by atoms with van der Waals surface area (Å²) in [6.45, 7) is 9.18. The molecule has 27 heavy (non-hydrogen) atoms. The zero-order valence-corrected chi connectivity index (χ0v) is 19.7. The molecule has 0 radical (unpaired) electrons. The van der Waals surface area contributed by atoms with Gasteiger partial charge in [-0.05, 0) is 74.1 Å². The van der Waals surface area contributed by atoms with Gasteiger partial charge in [-0.25, -0.2) is 4.98 Å². The first kappa shape index (κ1) is 24.5. The lowest BCUT2D eigenvalue weighted by molar-refractivity contribution is 0.737. The fraction of sp³-hybridized carbons (Fsp3) is 0.696. The predicted octanol–water partition coefficient (Wildman–Crippen LogP) is 7.46. The van der Waals surface area contributed by atoms with Gasteiger partial charge in [0.1, 0.15) is 0 Å². The maximum absolute atomic E-state index is 5.11. The van der Waals surface area contributed by atoms with Crippen LogP contribution in [0.25, 0.3) is 10.2 Å². The minimum atomic E-state index is 1.15. The monoisotopic (exact) mass is 408 g/mol. The van der Waals surface area contributed by atoms with E-state index in [1.165, 1.54) is 85.9 Å². The van der Waals surface area contributed by atoms with E-state index in [4.69, 9.17) is 4.98 Å². The SMILES string of the molecule is CCCCc1nc2c(CCCC)c(CCCC)c(CCCC)cc2s1.NS. The van der Waals surface area contributed by atoms with E-state index in [9.17, 15) is 0 Å². The molecule has 2 rings (SSSR count). The molecule has 0 atom stereocenters. The second-order valence-corrected chi connectivity index (χ2v) is 8.48. The van der Waals surface area contributed by atoms with Gasteiger partial charge in [-0.1, -0.05) is 53.4 Å². The maximum Gasteiger partial charge on any atom is 0.0938 e. The summed E-state index contributed by atoms with van der Waals surface area (Å²) in [7, 11) is 0. The second-order valence-electron chi connectivity index (χ2n) is 7.36. The average molecular weight is 409 g/mol. The lowest BCUT2D eigenvalue weighted by Crippen LogP contribution is -2.03. The number of benzene rings is 1. The molecule has 0 unspecified atom stereocenters. The number of thiol groups is 1. The lowest BCUT2D eigenvalue weighted by atomic mass is 9.90. The highest BCUT2D eigenvalue weighted by Gasteiger charge is 2.16. The van der Waals surface area contributed by atoms with Gasteiger partial charge in [0.2, 0.25) is 0 Å². The summed E-state index contributed by atoms with van der Waals surface area (Å²) in [5.74, 6) is 0. The van der Waals surface area contributed by atoms with Crippen molar-refractivity contribution in [2.45, 2.75) is 105 Å². The van der Waals surface area contributed by atoms with Gasteiger partial charge in [0.15, 0.2) is 0 Å². The second kappa shape index (κ2) is 14.4. The lowest BCUT2D eigenvalue weighted by Gasteiger charge is -2.16. The van der Waals surface area contributed by atoms with E-state index >= 15 is 0 Å². The summed E-state index contributed by atoms with van der Waals surface area (Å²) in [5, 5.41) is 5.55. The van der Waals surface area contributed by atoms with E-state index in [1.54, 1.807) is 16.7 Å². The Bertz CT molecular complexity index is 649. The number of nitrogens with two attached hydrogens (primary N) is 1. The van der Waals surface area contributed by atoms with Crippen molar-refractivity contribution < 1.29 is 0 Å². The molecule has 0 saturated heterocycles. The molecule has 4 heteroatoms. The molecule has 1 aromatic carbocycles. The molecule has 1 heterocycles. The van der Waals surface area contributed by atoms with Crippen LogP contribution in [0.15, 0.2) is 6.07 Å². The summed E-state index contributed by atoms with van der Waals surface area (Å²) in [5.41, 5.74) is 6.22. The predicted molar refractivity (Wildman–Crippen MR) is 127 cm³/mol. The molecule has 154 valence electrons. The van der Waals surface area contributed by atoms with Crippen LogP contribution >= 0.6 is 24.2 Å². The molecule has 2 aromatic rings. The summed E-state index contributed by atoms with van der Waals surface area (Å²) >= 11 is 4.98. The topological polar surface area (TPSA) is 38.9 Å². The molecule has 0 aliphatic heterocycles. The molecule has 2 nitrogen and oxygen atoms in total. The molecule has 1 aromatic heterocycles. The van der Waals surface area contributed by atoms with Crippen LogP contribution in [0.5, 0.6) is 0 Å². The van der Waals surface area contributed by atoms with E-state index in [0.717, 1.165) is 6.42 Å². The molecule has 0 amide bonds. The molecule has 0 aliphatic carbocycles. The van der Waals surface area contributed by atoms with Crippen LogP contribution in [0.4, 0.5) is 0 Å². The van der Waals surface area contributed by atoms with Gasteiger partial charge in [0.05, 0.1) is 15.2 Å². The van der Waals surface area contributed by atoms with Crippen LogP contribution in [0.2, 0.25) is 0 Å². The van der Waals surface area contributed by atoms with Gasteiger partial charge in [-0.15, -0.1) is 24.2 Å². The quantitative estimate of drug-likeness (QED) is 0.358. The van der Waals surface area contributed by atoms with Gasteiger partial charge in [-0.3, -0.25) is 5.14 Å². The van der Waals surface area contributed by atoms with Crippen LogP contribution in [0.1, 0.15) is 101 Å². The number of hydrogen-bond donors (Lipinski definition) is 2. The highest BCUT2D eigenvalue weighted by Crippen LogP contribution is 2.33. The first-order valence-electron chi connectivity index (χ1n) is 10.9. The van der Waals surface area contributed by atoms with E-state index < -0.39 is 0 Å². The zero-order chi connectivity index (χ0) is 20.1. The number of thiazole rings is 1. The van der Waals surface area contributed by atoms with Gasteiger partial charge in [-0.2, -0.15) is 0 Å². The van der Waals surface area contributed by atoms with Gasteiger partial charge in [0, 0.05) is 0 Å². The smallest absolute Gasteiger partial charge is 0.0938 e. The van der Waals surface area contributed by atoms with Gasteiger partial charge >= 0.3 is 0 Å². The number of aromatic nitrogens is 1. The van der Waals surface area contributed by atoms with E-state index in [1.807, 2.05) is 11.3 Å². The van der Waals surface area contributed by atoms with Crippen LogP contribution in [0, 0.1) is 0 Å². The molecular weight excluding hydrogens is 368 g/mol. The van der Waals surface area contributed by atoms with Crippen LogP contribution in [-0.4, -0.2) is 4.98 Å². The van der Waals surface area contributed by atoms with E-state index in [2.05, 4.69) is 51.7 Å². The van der Waals surface area contributed by atoms with Crippen molar-refractivity contribution in [3.05, 3.63) is 27.8 Å². The Labute approximate surface area is 176 Å². The van der Waals surface area contributed by atoms with E-state index in [0.29, 0.717) is 0 Å². The Balaban J connectivity index is 0.00000176. The van der Waals surface area contributed by atoms with Crippen LogP contribution in [-0.2, 0) is 25.7 Å². The molecule has 2 N–H and O–H groups in total. The summed E-state index contributed by atoms with van der Waals surface area (Å²) in [4.78, 5) is 5.11. The average Bonchev–Trinajstić information content (AvgIpc) is 3.11. The summed E-state index contributed by atoms with van der Waals surface area (Å²) in [6.07, 6.45) is 15.1. The standard InChI is InChI=1S/C23H37NS.H3NS/c1-5-9-13-18-17-21-23(24-22(25-21)16-12-8-4)20(15-11-7-3)19(18)14-10-6-2;1-2/h17H,5-16H2,1-4H3;2H,1H2. The Morgan fingerprint density at radius 2 is 1.30 bits per heavy atom. The molecule has 0 spiro atoms. The first-order chi connectivity index (χ1) is 13.2. The third-order valence-corrected chi connectivity index (χ3v) is 6.21. The molecule has 0 fully saturated rings. The number of aryl methyl sites for hydroxylation is 3.